The minimum Gasteiger partial charge on any atom is -0.324 e. The Morgan fingerprint density at radius 1 is 1.04 bits per heavy atom. The Morgan fingerprint density at radius 2 is 1.68 bits per heavy atom. The normalized spacial score (nSPS) is 10.8. The maximum absolute atomic E-state index is 13.7. The molecule has 28 heavy (non-hydrogen) atoms. The van der Waals surface area contributed by atoms with Gasteiger partial charge >= 0.3 is 0 Å². The van der Waals surface area contributed by atoms with E-state index in [1.54, 1.807) is 11.9 Å². The van der Waals surface area contributed by atoms with Gasteiger partial charge in [-0.1, -0.05) is 29.3 Å². The van der Waals surface area contributed by atoms with Crippen LogP contribution in [0.5, 0.6) is 0 Å². The molecule has 0 fully saturated rings. The van der Waals surface area contributed by atoms with Crippen LogP contribution in [0.4, 0.5) is 15.8 Å². The predicted octanol–water partition coefficient (Wildman–Crippen LogP) is 4.30. The molecule has 0 atom stereocenters. The lowest BCUT2D eigenvalue weighted by molar-refractivity contribution is -0.119. The number of aryl methyl sites for hydroxylation is 3. The van der Waals surface area contributed by atoms with Gasteiger partial charge in [0.25, 0.3) is 0 Å². The van der Waals surface area contributed by atoms with E-state index in [2.05, 4.69) is 10.6 Å². The third-order valence-corrected chi connectivity index (χ3v) is 4.52. The molecule has 0 aliphatic heterocycles. The van der Waals surface area contributed by atoms with Crippen molar-refractivity contribution in [3.63, 3.8) is 0 Å². The van der Waals surface area contributed by atoms with Crippen molar-refractivity contribution < 1.29 is 14.0 Å². The Balaban J connectivity index is 1.82. The van der Waals surface area contributed by atoms with Crippen LogP contribution in [-0.2, 0) is 9.59 Å². The summed E-state index contributed by atoms with van der Waals surface area (Å²) in [6, 6.07) is 8.10. The number of likely N-dealkylation sites (N-methyl/N-ethyl adjacent to an activating group) is 1. The molecule has 150 valence electrons. The fourth-order valence-electron chi connectivity index (χ4n) is 2.98. The first-order valence-corrected chi connectivity index (χ1v) is 9.34. The summed E-state index contributed by atoms with van der Waals surface area (Å²) in [6.45, 7) is 6.44. The third kappa shape index (κ3) is 6.32. The zero-order valence-electron chi connectivity index (χ0n) is 16.5. The minimum absolute atomic E-state index is 0.0834. The monoisotopic (exact) mass is 405 g/mol. The molecule has 2 amide bonds. The van der Waals surface area contributed by atoms with Gasteiger partial charge in [-0.3, -0.25) is 14.5 Å². The lowest BCUT2D eigenvalue weighted by Gasteiger charge is -2.18. The highest BCUT2D eigenvalue weighted by atomic mass is 35.5. The topological polar surface area (TPSA) is 61.4 Å². The van der Waals surface area contributed by atoms with Crippen LogP contribution in [0.1, 0.15) is 23.1 Å². The van der Waals surface area contributed by atoms with E-state index in [1.165, 1.54) is 12.1 Å². The molecule has 0 bridgehead atoms. The second kappa shape index (κ2) is 9.66. The van der Waals surface area contributed by atoms with Gasteiger partial charge in [0.15, 0.2) is 0 Å². The molecule has 0 aliphatic carbocycles. The summed E-state index contributed by atoms with van der Waals surface area (Å²) in [5.74, 6) is -1.07. The summed E-state index contributed by atoms with van der Waals surface area (Å²) in [5, 5.41) is 5.70. The molecule has 2 N–H and O–H groups in total. The summed E-state index contributed by atoms with van der Waals surface area (Å²) in [7, 11) is 1.75. The van der Waals surface area contributed by atoms with Crippen LogP contribution in [0.3, 0.4) is 0 Å². The smallest absolute Gasteiger partial charge is 0.238 e. The first kappa shape index (κ1) is 21.9. The Kier molecular flexibility index (Phi) is 7.54. The van der Waals surface area contributed by atoms with Crippen LogP contribution >= 0.6 is 11.6 Å². The van der Waals surface area contributed by atoms with Crippen molar-refractivity contribution in [2.45, 2.75) is 27.2 Å². The van der Waals surface area contributed by atoms with Gasteiger partial charge in [-0.05, 0) is 57.1 Å². The number of rotatable bonds is 7. The highest BCUT2D eigenvalue weighted by Gasteiger charge is 2.13. The third-order valence-electron chi connectivity index (χ3n) is 4.28. The Labute approximate surface area is 169 Å². The van der Waals surface area contributed by atoms with Gasteiger partial charge < -0.3 is 10.6 Å². The molecule has 2 aromatic carbocycles. The van der Waals surface area contributed by atoms with Crippen molar-refractivity contribution in [3.8, 4) is 0 Å². The number of carbonyl (C=O) groups is 2. The van der Waals surface area contributed by atoms with Gasteiger partial charge in [0, 0.05) is 23.7 Å². The maximum atomic E-state index is 13.7. The number of halogens is 2. The summed E-state index contributed by atoms with van der Waals surface area (Å²) >= 11 is 5.69. The van der Waals surface area contributed by atoms with Gasteiger partial charge in [-0.2, -0.15) is 0 Å². The molecule has 0 spiro atoms. The largest absolute Gasteiger partial charge is 0.324 e. The van der Waals surface area contributed by atoms with E-state index in [1.807, 2.05) is 32.9 Å². The fourth-order valence-corrected chi connectivity index (χ4v) is 3.14. The number of benzene rings is 2. The van der Waals surface area contributed by atoms with E-state index in [-0.39, 0.29) is 35.5 Å². The molecular formula is C21H25ClFN3O2. The lowest BCUT2D eigenvalue weighted by Crippen LogP contribution is -2.32. The molecule has 0 radical (unpaired) electrons. The van der Waals surface area contributed by atoms with Crippen LogP contribution in [0, 0.1) is 26.6 Å². The van der Waals surface area contributed by atoms with Crippen LogP contribution in [0.25, 0.3) is 0 Å². The van der Waals surface area contributed by atoms with E-state index in [0.717, 1.165) is 28.4 Å². The second-order valence-corrected chi connectivity index (χ2v) is 7.42. The van der Waals surface area contributed by atoms with Gasteiger partial charge in [-0.15, -0.1) is 0 Å². The number of hydrogen-bond acceptors (Lipinski definition) is 3. The van der Waals surface area contributed by atoms with Gasteiger partial charge in [0.05, 0.1) is 12.2 Å². The molecule has 7 heteroatoms. The zero-order chi connectivity index (χ0) is 20.8. The van der Waals surface area contributed by atoms with Crippen molar-refractivity contribution in [1.29, 1.82) is 0 Å². The van der Waals surface area contributed by atoms with E-state index >= 15 is 0 Å². The summed E-state index contributed by atoms with van der Waals surface area (Å²) in [4.78, 5) is 26.1. The number of anilines is 2. The number of nitrogens with zero attached hydrogens (tertiary/aromatic N) is 1. The molecule has 2 aromatic rings. The Hall–Kier alpha value is -2.44. The van der Waals surface area contributed by atoms with E-state index in [0.29, 0.717) is 6.54 Å². The average molecular weight is 406 g/mol. The van der Waals surface area contributed by atoms with Gasteiger partial charge in [0.1, 0.15) is 5.82 Å². The van der Waals surface area contributed by atoms with Crippen molar-refractivity contribution in [3.05, 3.63) is 57.9 Å². The quantitative estimate of drug-likeness (QED) is 0.721. The zero-order valence-corrected chi connectivity index (χ0v) is 17.3. The summed E-state index contributed by atoms with van der Waals surface area (Å²) in [5.41, 5.74) is 4.07. The van der Waals surface area contributed by atoms with Gasteiger partial charge in [0.2, 0.25) is 11.8 Å². The standard InChI is InChI=1S/C21H25ClFN3O2/c1-13-9-14(2)21(15(3)10-13)25-20(28)12-26(4)8-7-19(27)24-18-6-5-16(22)11-17(18)23/h5-6,9-11H,7-8,12H2,1-4H3,(H,24,27)(H,25,28). The van der Waals surface area contributed by atoms with Crippen molar-refractivity contribution >= 4 is 34.8 Å². The predicted molar refractivity (Wildman–Crippen MR) is 111 cm³/mol. The highest BCUT2D eigenvalue weighted by molar-refractivity contribution is 6.30. The molecular weight excluding hydrogens is 381 g/mol. The van der Waals surface area contributed by atoms with Gasteiger partial charge in [-0.25, -0.2) is 4.39 Å². The second-order valence-electron chi connectivity index (χ2n) is 6.98. The summed E-state index contributed by atoms with van der Waals surface area (Å²) < 4.78 is 13.7. The molecule has 2 rings (SSSR count). The van der Waals surface area contributed by atoms with Crippen LogP contribution in [-0.4, -0.2) is 36.9 Å². The minimum atomic E-state index is -0.586. The maximum Gasteiger partial charge on any atom is 0.238 e. The number of carbonyl (C=O) groups excluding carboxylic acids is 2. The molecule has 0 aromatic heterocycles. The van der Waals surface area contributed by atoms with Crippen LogP contribution < -0.4 is 10.6 Å². The molecule has 0 saturated carbocycles. The SMILES string of the molecule is Cc1cc(C)c(NC(=O)CN(C)CCC(=O)Nc2ccc(Cl)cc2F)c(C)c1. The Bertz CT molecular complexity index is 863. The van der Waals surface area contributed by atoms with Crippen LogP contribution in [0.2, 0.25) is 5.02 Å². The molecule has 0 heterocycles. The molecule has 5 nitrogen and oxygen atoms in total. The first-order valence-electron chi connectivity index (χ1n) is 8.97. The molecule has 0 unspecified atom stereocenters. The van der Waals surface area contributed by atoms with Crippen molar-refractivity contribution in [2.75, 3.05) is 30.8 Å². The number of nitrogens with one attached hydrogen (secondary N) is 2. The number of amides is 2. The fraction of sp³-hybridized carbons (Fsp3) is 0.333. The molecule has 0 saturated heterocycles. The van der Waals surface area contributed by atoms with E-state index in [9.17, 15) is 14.0 Å². The summed E-state index contributed by atoms with van der Waals surface area (Å²) in [6.07, 6.45) is 0.133. The van der Waals surface area contributed by atoms with Crippen molar-refractivity contribution in [2.24, 2.45) is 0 Å². The Morgan fingerprint density at radius 3 is 2.29 bits per heavy atom. The van der Waals surface area contributed by atoms with Crippen LogP contribution in [0.15, 0.2) is 30.3 Å². The van der Waals surface area contributed by atoms with E-state index < -0.39 is 5.82 Å². The number of hydrogen-bond donors (Lipinski definition) is 2. The van der Waals surface area contributed by atoms with Crippen molar-refractivity contribution in [1.82, 2.24) is 4.90 Å². The lowest BCUT2D eigenvalue weighted by atomic mass is 10.1. The average Bonchev–Trinajstić information content (AvgIpc) is 2.59. The first-order chi connectivity index (χ1) is 13.2. The van der Waals surface area contributed by atoms with E-state index in [4.69, 9.17) is 11.6 Å². The highest BCUT2D eigenvalue weighted by Crippen LogP contribution is 2.22. The molecule has 0 aliphatic rings.